The summed E-state index contributed by atoms with van der Waals surface area (Å²) in [5.74, 6) is -0.609. The quantitative estimate of drug-likeness (QED) is 0.587. The van der Waals surface area contributed by atoms with Gasteiger partial charge in [0.15, 0.2) is 5.41 Å². The molecule has 0 unspecified atom stereocenters. The number of nitrogens with zero attached hydrogens (tertiary/aromatic N) is 1. The first-order chi connectivity index (χ1) is 14.1. The Balaban J connectivity index is 2.67. The Hall–Kier alpha value is -3.32. The van der Waals surface area contributed by atoms with Gasteiger partial charge in [0.2, 0.25) is 0 Å². The molecule has 0 aliphatic carbocycles. The zero-order chi connectivity index (χ0) is 22.2. The van der Waals surface area contributed by atoms with E-state index in [0.717, 1.165) is 16.3 Å². The number of carbonyl (C=O) groups is 1. The van der Waals surface area contributed by atoms with Gasteiger partial charge in [0, 0.05) is 5.56 Å². The number of para-hydroxylation sites is 1. The molecule has 0 saturated carbocycles. The summed E-state index contributed by atoms with van der Waals surface area (Å²) in [6.07, 6.45) is 0. The molecule has 1 N–H and O–H groups in total. The highest BCUT2D eigenvalue weighted by molar-refractivity contribution is 5.91. The number of ether oxygens (including phenoxy) is 1. The number of carboxylic acid groups (broad SMARTS) is 1. The van der Waals surface area contributed by atoms with E-state index in [2.05, 4.69) is 6.07 Å². The van der Waals surface area contributed by atoms with Crippen LogP contribution in [0.2, 0.25) is 0 Å². The molecule has 0 spiro atoms. The third kappa shape index (κ3) is 2.85. The Labute approximate surface area is 177 Å². The molecule has 0 saturated heterocycles. The van der Waals surface area contributed by atoms with Crippen molar-refractivity contribution in [3.8, 4) is 11.8 Å². The summed E-state index contributed by atoms with van der Waals surface area (Å²) >= 11 is 0. The summed E-state index contributed by atoms with van der Waals surface area (Å²) in [6.45, 7) is 7.48. The lowest BCUT2D eigenvalue weighted by Gasteiger charge is -2.52. The summed E-state index contributed by atoms with van der Waals surface area (Å²) in [4.78, 5) is 12.8. The average molecular weight is 402 g/mol. The standard InChI is InChI=1S/C26H27NO3/c1-24(2,3)26(25(4,17-27)23(28)29,21-14-8-9-16-22(21)30-5)20-15-10-12-18-11-6-7-13-19(18)20/h6-16H,1-5H3,(H,28,29)/t25-,26-/m1/s1. The largest absolute Gasteiger partial charge is 0.496 e. The van der Waals surface area contributed by atoms with Crippen LogP contribution in [0.3, 0.4) is 0 Å². The van der Waals surface area contributed by atoms with E-state index in [4.69, 9.17) is 4.74 Å². The number of aliphatic carboxylic acids is 1. The molecule has 0 radical (unpaired) electrons. The minimum atomic E-state index is -1.77. The van der Waals surface area contributed by atoms with Crippen LogP contribution in [-0.4, -0.2) is 18.2 Å². The van der Waals surface area contributed by atoms with E-state index in [1.54, 1.807) is 7.11 Å². The van der Waals surface area contributed by atoms with Gasteiger partial charge in [-0.3, -0.25) is 4.79 Å². The summed E-state index contributed by atoms with van der Waals surface area (Å²) in [6, 6.07) is 23.3. The van der Waals surface area contributed by atoms with Crippen LogP contribution < -0.4 is 4.74 Å². The molecule has 0 aromatic heterocycles. The number of hydrogen-bond acceptors (Lipinski definition) is 3. The topological polar surface area (TPSA) is 70.3 Å². The van der Waals surface area contributed by atoms with Gasteiger partial charge in [-0.1, -0.05) is 81.4 Å². The molecule has 3 aromatic rings. The second-order valence-electron chi connectivity index (χ2n) is 8.77. The van der Waals surface area contributed by atoms with Gasteiger partial charge in [0.25, 0.3) is 0 Å². The predicted molar refractivity (Wildman–Crippen MR) is 119 cm³/mol. The van der Waals surface area contributed by atoms with E-state index in [-0.39, 0.29) is 0 Å². The van der Waals surface area contributed by atoms with E-state index in [9.17, 15) is 15.2 Å². The number of nitriles is 1. The number of benzene rings is 3. The van der Waals surface area contributed by atoms with Gasteiger partial charge in [0.05, 0.1) is 18.6 Å². The minimum Gasteiger partial charge on any atom is -0.496 e. The molecule has 4 nitrogen and oxygen atoms in total. The van der Waals surface area contributed by atoms with Gasteiger partial charge < -0.3 is 9.84 Å². The van der Waals surface area contributed by atoms with Crippen molar-refractivity contribution in [2.45, 2.75) is 33.1 Å². The third-order valence-corrected chi connectivity index (χ3v) is 6.23. The lowest BCUT2D eigenvalue weighted by Crippen LogP contribution is -2.57. The van der Waals surface area contributed by atoms with E-state index in [1.165, 1.54) is 6.92 Å². The zero-order valence-electron chi connectivity index (χ0n) is 18.1. The molecule has 3 aromatic carbocycles. The maximum Gasteiger partial charge on any atom is 0.325 e. The van der Waals surface area contributed by atoms with Crippen molar-refractivity contribution in [1.82, 2.24) is 0 Å². The SMILES string of the molecule is COc1ccccc1[C@](c1cccc2ccccc12)(C(C)(C)C)[C@](C)(C#N)C(=O)O. The molecular formula is C26H27NO3. The van der Waals surface area contributed by atoms with Crippen LogP contribution in [0.4, 0.5) is 0 Å². The highest BCUT2D eigenvalue weighted by Crippen LogP contribution is 2.60. The van der Waals surface area contributed by atoms with Crippen LogP contribution in [0.15, 0.2) is 66.7 Å². The van der Waals surface area contributed by atoms with Crippen LogP contribution in [0.25, 0.3) is 10.8 Å². The molecule has 0 aliphatic rings. The summed E-state index contributed by atoms with van der Waals surface area (Å²) in [5.41, 5.74) is -2.17. The van der Waals surface area contributed by atoms with Crippen LogP contribution >= 0.6 is 0 Å². The second kappa shape index (κ2) is 7.50. The first-order valence-electron chi connectivity index (χ1n) is 9.91. The highest BCUT2D eigenvalue weighted by atomic mass is 16.5. The van der Waals surface area contributed by atoms with Crippen molar-refractivity contribution in [3.05, 3.63) is 77.9 Å². The number of rotatable bonds is 5. The van der Waals surface area contributed by atoms with Crippen molar-refractivity contribution in [2.75, 3.05) is 7.11 Å². The van der Waals surface area contributed by atoms with Crippen molar-refractivity contribution < 1.29 is 14.6 Å². The van der Waals surface area contributed by atoms with Gasteiger partial charge >= 0.3 is 5.97 Å². The fourth-order valence-corrected chi connectivity index (χ4v) is 5.04. The Kier molecular flexibility index (Phi) is 5.34. The van der Waals surface area contributed by atoms with Gasteiger partial charge in [-0.25, -0.2) is 0 Å². The zero-order valence-corrected chi connectivity index (χ0v) is 18.1. The molecule has 0 heterocycles. The maximum absolute atomic E-state index is 12.8. The van der Waals surface area contributed by atoms with Gasteiger partial charge in [-0.15, -0.1) is 0 Å². The van der Waals surface area contributed by atoms with E-state index < -0.39 is 22.2 Å². The van der Waals surface area contributed by atoms with Crippen molar-refractivity contribution in [2.24, 2.45) is 10.8 Å². The first-order valence-corrected chi connectivity index (χ1v) is 9.91. The smallest absolute Gasteiger partial charge is 0.325 e. The molecular weight excluding hydrogens is 374 g/mol. The molecule has 4 heteroatoms. The molecule has 2 atom stereocenters. The third-order valence-electron chi connectivity index (χ3n) is 6.23. The first kappa shape index (κ1) is 21.4. The molecule has 0 fully saturated rings. The number of methoxy groups -OCH3 is 1. The number of carboxylic acids is 1. The predicted octanol–water partition coefficient (Wildman–Crippen LogP) is 5.80. The Morgan fingerprint density at radius 2 is 1.47 bits per heavy atom. The van der Waals surface area contributed by atoms with Crippen LogP contribution in [0, 0.1) is 22.2 Å². The van der Waals surface area contributed by atoms with Crippen molar-refractivity contribution in [1.29, 1.82) is 5.26 Å². The minimum absolute atomic E-state index is 0.558. The van der Waals surface area contributed by atoms with Gasteiger partial charge in [0.1, 0.15) is 5.75 Å². The molecule has 0 aliphatic heterocycles. The molecule has 154 valence electrons. The van der Waals surface area contributed by atoms with Crippen molar-refractivity contribution >= 4 is 16.7 Å². The maximum atomic E-state index is 12.8. The fraction of sp³-hybridized carbons (Fsp3) is 0.308. The summed E-state index contributed by atoms with van der Waals surface area (Å²) in [5, 5.41) is 22.7. The van der Waals surface area contributed by atoms with E-state index in [0.29, 0.717) is 11.3 Å². The normalized spacial score (nSPS) is 15.6. The Morgan fingerprint density at radius 3 is 2.07 bits per heavy atom. The average Bonchev–Trinajstić information content (AvgIpc) is 2.73. The van der Waals surface area contributed by atoms with Gasteiger partial charge in [-0.2, -0.15) is 5.26 Å². The monoisotopic (exact) mass is 401 g/mol. The lowest BCUT2D eigenvalue weighted by atomic mass is 9.47. The number of fused-ring (bicyclic) bond motifs is 1. The highest BCUT2D eigenvalue weighted by Gasteiger charge is 2.63. The lowest BCUT2D eigenvalue weighted by molar-refractivity contribution is -0.150. The van der Waals surface area contributed by atoms with Crippen LogP contribution in [0.1, 0.15) is 38.8 Å². The summed E-state index contributed by atoms with van der Waals surface area (Å²) in [7, 11) is 1.57. The van der Waals surface area contributed by atoms with Crippen molar-refractivity contribution in [3.63, 3.8) is 0 Å². The Bertz CT molecular complexity index is 1130. The number of hydrogen-bond donors (Lipinski definition) is 1. The molecule has 0 bridgehead atoms. The molecule has 30 heavy (non-hydrogen) atoms. The fourth-order valence-electron chi connectivity index (χ4n) is 5.04. The summed E-state index contributed by atoms with van der Waals surface area (Å²) < 4.78 is 5.70. The van der Waals surface area contributed by atoms with E-state index in [1.807, 2.05) is 87.5 Å². The van der Waals surface area contributed by atoms with Crippen LogP contribution in [-0.2, 0) is 10.2 Å². The molecule has 0 amide bonds. The van der Waals surface area contributed by atoms with E-state index >= 15 is 0 Å². The molecule has 3 rings (SSSR count). The van der Waals surface area contributed by atoms with Gasteiger partial charge in [-0.05, 0) is 34.7 Å². The second-order valence-corrected chi connectivity index (χ2v) is 8.77. The van der Waals surface area contributed by atoms with Crippen LogP contribution in [0.5, 0.6) is 5.75 Å². The Morgan fingerprint density at radius 1 is 0.900 bits per heavy atom.